The molecule has 0 atom stereocenters. The zero-order valence-corrected chi connectivity index (χ0v) is 20.8. The molecular weight excluding hydrogens is 579 g/mol. The van der Waals surface area contributed by atoms with Gasteiger partial charge in [0, 0.05) is 10.7 Å². The van der Waals surface area contributed by atoms with Crippen LogP contribution in [0.25, 0.3) is 6.08 Å². The molecule has 0 fully saturated rings. The largest absolute Gasteiger partial charge is 0.493 e. The number of hydrogen-bond donors (Lipinski definition) is 1. The fourth-order valence-corrected chi connectivity index (χ4v) is 4.78. The minimum Gasteiger partial charge on any atom is -0.493 e. The van der Waals surface area contributed by atoms with E-state index in [2.05, 4.69) is 5.32 Å². The molecule has 0 aliphatic rings. The fraction of sp³-hybridized carbons (Fsp3) is 0.0435. The van der Waals surface area contributed by atoms with Gasteiger partial charge in [-0.05, 0) is 76.7 Å². The number of nitrogens with one attached hydrogen (secondary N) is 1. The second-order valence-electron chi connectivity index (χ2n) is 6.52. The third kappa shape index (κ3) is 6.25. The predicted molar refractivity (Wildman–Crippen MR) is 134 cm³/mol. The Morgan fingerprint density at radius 2 is 1.85 bits per heavy atom. The van der Waals surface area contributed by atoms with Gasteiger partial charge in [0.05, 0.1) is 10.7 Å². The van der Waals surface area contributed by atoms with E-state index < -0.39 is 16.0 Å². The molecule has 1 amide bonds. The van der Waals surface area contributed by atoms with Crippen molar-refractivity contribution in [1.82, 2.24) is 0 Å². The van der Waals surface area contributed by atoms with Gasteiger partial charge in [0.15, 0.2) is 11.5 Å². The molecule has 1 N–H and O–H groups in total. The third-order valence-corrected chi connectivity index (χ3v) is 6.51. The summed E-state index contributed by atoms with van der Waals surface area (Å²) >= 11 is 7.82. The number of carbonyl (C=O) groups is 1. The summed E-state index contributed by atoms with van der Waals surface area (Å²) in [6, 6.07) is 19.1. The van der Waals surface area contributed by atoms with Crippen LogP contribution in [0.15, 0.2) is 77.2 Å². The van der Waals surface area contributed by atoms with Gasteiger partial charge in [-0.1, -0.05) is 35.9 Å². The summed E-state index contributed by atoms with van der Waals surface area (Å²) in [7, 11) is -2.73. The number of hydrogen-bond acceptors (Lipinski definition) is 6. The van der Waals surface area contributed by atoms with Crippen LogP contribution in [-0.4, -0.2) is 21.4 Å². The van der Waals surface area contributed by atoms with Gasteiger partial charge >= 0.3 is 10.1 Å². The standard InChI is InChI=1S/C23H16ClIN2O5S/c1-31-21-12-15(10-16(14-26)23(28)27-18-7-5-6-17(24)13-18)11-20(25)22(21)32-33(29,30)19-8-3-2-4-9-19/h2-13H,1H3,(H,27,28)/b16-10+. The molecule has 0 bridgehead atoms. The van der Waals surface area contributed by atoms with E-state index in [9.17, 15) is 18.5 Å². The number of anilines is 1. The highest BCUT2D eigenvalue weighted by Gasteiger charge is 2.22. The van der Waals surface area contributed by atoms with Gasteiger partial charge in [-0.3, -0.25) is 4.79 Å². The van der Waals surface area contributed by atoms with Crippen molar-refractivity contribution in [2.24, 2.45) is 0 Å². The number of nitrogens with zero attached hydrogens (tertiary/aromatic N) is 1. The molecule has 7 nitrogen and oxygen atoms in total. The van der Waals surface area contributed by atoms with Crippen LogP contribution in [0.2, 0.25) is 5.02 Å². The topological polar surface area (TPSA) is 105 Å². The van der Waals surface area contributed by atoms with Gasteiger partial charge in [-0.25, -0.2) is 0 Å². The van der Waals surface area contributed by atoms with E-state index in [0.29, 0.717) is 19.8 Å². The number of halogens is 2. The Bertz CT molecular complexity index is 1370. The molecule has 0 heterocycles. The summed E-state index contributed by atoms with van der Waals surface area (Å²) in [5.74, 6) is -0.498. The molecule has 0 aliphatic heterocycles. The Hall–Kier alpha value is -3.07. The zero-order chi connectivity index (χ0) is 24.0. The molecule has 0 saturated carbocycles. The number of methoxy groups -OCH3 is 1. The van der Waals surface area contributed by atoms with Crippen molar-refractivity contribution in [2.45, 2.75) is 4.90 Å². The summed E-state index contributed by atoms with van der Waals surface area (Å²) in [5, 5.41) is 12.5. The molecule has 33 heavy (non-hydrogen) atoms. The maximum atomic E-state index is 12.6. The van der Waals surface area contributed by atoms with Crippen molar-refractivity contribution in [3.05, 3.63) is 86.5 Å². The molecular formula is C23H16ClIN2O5S. The van der Waals surface area contributed by atoms with E-state index in [1.807, 2.05) is 28.7 Å². The van der Waals surface area contributed by atoms with E-state index in [4.69, 9.17) is 20.5 Å². The molecule has 0 aliphatic carbocycles. The van der Waals surface area contributed by atoms with Crippen LogP contribution in [0.3, 0.4) is 0 Å². The highest BCUT2D eigenvalue weighted by atomic mass is 127. The molecule has 168 valence electrons. The van der Waals surface area contributed by atoms with Gasteiger partial charge in [0.1, 0.15) is 16.5 Å². The second-order valence-corrected chi connectivity index (χ2v) is 9.66. The predicted octanol–water partition coefficient (Wildman–Crippen LogP) is 5.27. The SMILES string of the molecule is COc1cc(/C=C(\C#N)C(=O)Nc2cccc(Cl)c2)cc(I)c1OS(=O)(=O)c1ccccc1. The van der Waals surface area contributed by atoms with Gasteiger partial charge in [0.2, 0.25) is 0 Å². The molecule has 10 heteroatoms. The third-order valence-electron chi connectivity index (χ3n) is 4.24. The van der Waals surface area contributed by atoms with Crippen molar-refractivity contribution in [3.63, 3.8) is 0 Å². The van der Waals surface area contributed by atoms with Crippen molar-refractivity contribution in [1.29, 1.82) is 5.26 Å². The lowest BCUT2D eigenvalue weighted by atomic mass is 10.1. The first-order chi connectivity index (χ1) is 15.7. The molecule has 3 rings (SSSR count). The number of benzene rings is 3. The van der Waals surface area contributed by atoms with Crippen molar-refractivity contribution in [3.8, 4) is 17.6 Å². The Labute approximate surface area is 209 Å². The van der Waals surface area contributed by atoms with Crippen molar-refractivity contribution in [2.75, 3.05) is 12.4 Å². The first-order valence-corrected chi connectivity index (χ1v) is 12.2. The van der Waals surface area contributed by atoms with E-state index in [-0.39, 0.29) is 22.0 Å². The van der Waals surface area contributed by atoms with Crippen LogP contribution in [0.1, 0.15) is 5.56 Å². The maximum Gasteiger partial charge on any atom is 0.339 e. The Balaban J connectivity index is 1.91. The van der Waals surface area contributed by atoms with Gasteiger partial charge in [-0.2, -0.15) is 13.7 Å². The number of nitriles is 1. The van der Waals surface area contributed by atoms with Gasteiger partial charge < -0.3 is 14.2 Å². The first-order valence-electron chi connectivity index (χ1n) is 9.29. The molecule has 0 aromatic heterocycles. The van der Waals surface area contributed by atoms with Gasteiger partial charge in [0.25, 0.3) is 5.91 Å². The highest BCUT2D eigenvalue weighted by Crippen LogP contribution is 2.36. The second kappa shape index (κ2) is 10.7. The van der Waals surface area contributed by atoms with E-state index >= 15 is 0 Å². The van der Waals surface area contributed by atoms with Crippen LogP contribution in [0, 0.1) is 14.9 Å². The smallest absolute Gasteiger partial charge is 0.339 e. The van der Waals surface area contributed by atoms with Crippen molar-refractivity contribution < 1.29 is 22.1 Å². The summed E-state index contributed by atoms with van der Waals surface area (Å²) in [6.07, 6.45) is 1.36. The molecule has 0 saturated heterocycles. The van der Waals surface area contributed by atoms with E-state index in [1.165, 1.54) is 31.4 Å². The number of carbonyl (C=O) groups excluding carboxylic acids is 1. The van der Waals surface area contributed by atoms with E-state index in [0.717, 1.165) is 0 Å². The minimum atomic E-state index is -4.09. The lowest BCUT2D eigenvalue weighted by Crippen LogP contribution is -2.13. The monoisotopic (exact) mass is 594 g/mol. The number of rotatable bonds is 7. The van der Waals surface area contributed by atoms with Crippen LogP contribution >= 0.6 is 34.2 Å². The number of amides is 1. The fourth-order valence-electron chi connectivity index (χ4n) is 2.73. The Morgan fingerprint density at radius 1 is 1.12 bits per heavy atom. The summed E-state index contributed by atoms with van der Waals surface area (Å²) in [5.41, 5.74) is 0.715. The molecule has 0 unspecified atom stereocenters. The average molecular weight is 595 g/mol. The minimum absolute atomic E-state index is 0.000916. The lowest BCUT2D eigenvalue weighted by Gasteiger charge is -2.13. The zero-order valence-electron chi connectivity index (χ0n) is 17.1. The quantitative estimate of drug-likeness (QED) is 0.173. The molecule has 0 spiro atoms. The summed E-state index contributed by atoms with van der Waals surface area (Å²) < 4.78 is 36.3. The van der Waals surface area contributed by atoms with Crippen LogP contribution in [0.5, 0.6) is 11.5 Å². The van der Waals surface area contributed by atoms with Crippen molar-refractivity contribution >= 4 is 62.0 Å². The normalized spacial score (nSPS) is 11.4. The average Bonchev–Trinajstić information content (AvgIpc) is 2.79. The lowest BCUT2D eigenvalue weighted by molar-refractivity contribution is -0.112. The Morgan fingerprint density at radius 3 is 2.48 bits per heavy atom. The molecule has 3 aromatic carbocycles. The summed E-state index contributed by atoms with van der Waals surface area (Å²) in [4.78, 5) is 12.5. The molecule has 0 radical (unpaired) electrons. The van der Waals surface area contributed by atoms with Crippen LogP contribution in [0.4, 0.5) is 5.69 Å². The Kier molecular flexibility index (Phi) is 7.97. The van der Waals surface area contributed by atoms with Crippen LogP contribution < -0.4 is 14.2 Å². The van der Waals surface area contributed by atoms with Crippen LogP contribution in [-0.2, 0) is 14.9 Å². The summed E-state index contributed by atoms with van der Waals surface area (Å²) in [6.45, 7) is 0. The molecule has 3 aromatic rings. The first kappa shape index (κ1) is 24.6. The van der Waals surface area contributed by atoms with E-state index in [1.54, 1.807) is 48.5 Å². The highest BCUT2D eigenvalue weighted by molar-refractivity contribution is 14.1. The number of ether oxygens (including phenoxy) is 1. The van der Waals surface area contributed by atoms with Gasteiger partial charge in [-0.15, -0.1) is 0 Å². The maximum absolute atomic E-state index is 12.6.